The van der Waals surface area contributed by atoms with Crippen LogP contribution in [0.1, 0.15) is 0 Å². The number of hydrogen-bond donors (Lipinski definition) is 1. The van der Waals surface area contributed by atoms with E-state index in [1.807, 2.05) is 6.07 Å². The first-order chi connectivity index (χ1) is 8.09. The molecule has 1 saturated heterocycles. The Kier molecular flexibility index (Phi) is 2.16. The van der Waals surface area contributed by atoms with Gasteiger partial charge in [0, 0.05) is 23.2 Å². The Labute approximate surface area is 103 Å². The number of aliphatic carboxylic acids is 1. The molecule has 2 fully saturated rings. The molecule has 17 heavy (non-hydrogen) atoms. The molecule has 1 aliphatic heterocycles. The molecule has 1 aliphatic carbocycles. The van der Waals surface area contributed by atoms with Gasteiger partial charge >= 0.3 is 5.97 Å². The summed E-state index contributed by atoms with van der Waals surface area (Å²) in [6.45, 7) is 0.487. The van der Waals surface area contributed by atoms with Gasteiger partial charge in [0.1, 0.15) is 0 Å². The number of fused-ring (bicyclic) bond motifs is 1. The number of carboxylic acids is 1. The molecule has 3 rings (SSSR count). The lowest BCUT2D eigenvalue weighted by Gasteiger charge is -2.19. The van der Waals surface area contributed by atoms with Gasteiger partial charge in [0.15, 0.2) is 0 Å². The number of rotatable bonds is 2. The number of piperidine rings is 1. The van der Waals surface area contributed by atoms with Crippen LogP contribution in [-0.4, -0.2) is 23.5 Å². The number of anilines is 1. The minimum absolute atomic E-state index is 0.0287. The number of halogens is 1. The second kappa shape index (κ2) is 3.47. The molecule has 5 heteroatoms. The SMILES string of the molecule is O=C(O)C1C2CN(c3cccc(Cl)c3)C(=O)C21. The van der Waals surface area contributed by atoms with E-state index in [2.05, 4.69) is 0 Å². The van der Waals surface area contributed by atoms with Crippen LogP contribution in [0.3, 0.4) is 0 Å². The van der Waals surface area contributed by atoms with Crippen LogP contribution in [0.25, 0.3) is 0 Å². The van der Waals surface area contributed by atoms with Gasteiger partial charge in [-0.25, -0.2) is 0 Å². The number of nitrogens with zero attached hydrogens (tertiary/aromatic N) is 1. The average Bonchev–Trinajstić information content (AvgIpc) is 2.90. The zero-order valence-corrected chi connectivity index (χ0v) is 9.59. The Morgan fingerprint density at radius 1 is 1.47 bits per heavy atom. The molecule has 1 aromatic carbocycles. The summed E-state index contributed by atoms with van der Waals surface area (Å²) in [7, 11) is 0. The summed E-state index contributed by atoms with van der Waals surface area (Å²) in [5.41, 5.74) is 0.749. The lowest BCUT2D eigenvalue weighted by molar-refractivity contribution is -0.140. The Morgan fingerprint density at radius 3 is 2.76 bits per heavy atom. The normalized spacial score (nSPS) is 30.3. The molecule has 0 spiro atoms. The van der Waals surface area contributed by atoms with Crippen molar-refractivity contribution in [3.63, 3.8) is 0 Å². The highest BCUT2D eigenvalue weighted by molar-refractivity contribution is 6.31. The fourth-order valence-corrected chi connectivity index (χ4v) is 2.82. The first kappa shape index (κ1) is 10.6. The fourth-order valence-electron chi connectivity index (χ4n) is 2.63. The number of carboxylic acid groups (broad SMARTS) is 1. The molecular formula is C12H10ClNO3. The number of benzene rings is 1. The first-order valence-corrected chi connectivity index (χ1v) is 5.77. The minimum Gasteiger partial charge on any atom is -0.481 e. The average molecular weight is 252 g/mol. The number of hydrogen-bond acceptors (Lipinski definition) is 2. The van der Waals surface area contributed by atoms with Crippen molar-refractivity contribution in [2.45, 2.75) is 0 Å². The van der Waals surface area contributed by atoms with Crippen LogP contribution in [0.4, 0.5) is 5.69 Å². The fraction of sp³-hybridized carbons (Fsp3) is 0.333. The quantitative estimate of drug-likeness (QED) is 0.869. The lowest BCUT2D eigenvalue weighted by Crippen LogP contribution is -2.31. The van der Waals surface area contributed by atoms with Crippen molar-refractivity contribution in [1.82, 2.24) is 0 Å². The van der Waals surface area contributed by atoms with Crippen molar-refractivity contribution in [3.8, 4) is 0 Å². The summed E-state index contributed by atoms with van der Waals surface area (Å²) in [6.07, 6.45) is 0. The predicted molar refractivity (Wildman–Crippen MR) is 61.9 cm³/mol. The van der Waals surface area contributed by atoms with Crippen LogP contribution in [0.2, 0.25) is 5.02 Å². The Morgan fingerprint density at radius 2 is 2.24 bits per heavy atom. The van der Waals surface area contributed by atoms with Crippen molar-refractivity contribution in [3.05, 3.63) is 29.3 Å². The molecule has 3 atom stereocenters. The third kappa shape index (κ3) is 1.52. The third-order valence-corrected chi connectivity index (χ3v) is 3.75. The van der Waals surface area contributed by atoms with Crippen molar-refractivity contribution in [2.75, 3.05) is 11.4 Å². The van der Waals surface area contributed by atoms with E-state index in [4.69, 9.17) is 16.7 Å². The van der Waals surface area contributed by atoms with Crippen molar-refractivity contribution in [2.24, 2.45) is 17.8 Å². The minimum atomic E-state index is -0.862. The maximum atomic E-state index is 12.0. The highest BCUT2D eigenvalue weighted by Crippen LogP contribution is 2.53. The van der Waals surface area contributed by atoms with Crippen molar-refractivity contribution in [1.29, 1.82) is 0 Å². The molecule has 4 nitrogen and oxygen atoms in total. The van der Waals surface area contributed by atoms with E-state index in [9.17, 15) is 9.59 Å². The van der Waals surface area contributed by atoms with E-state index in [0.717, 1.165) is 5.69 Å². The van der Waals surface area contributed by atoms with E-state index in [1.165, 1.54) is 0 Å². The van der Waals surface area contributed by atoms with Gasteiger partial charge < -0.3 is 10.0 Å². The zero-order valence-electron chi connectivity index (χ0n) is 8.84. The van der Waals surface area contributed by atoms with Crippen LogP contribution in [0.5, 0.6) is 0 Å². The Bertz CT molecular complexity index is 516. The van der Waals surface area contributed by atoms with Crippen LogP contribution in [0.15, 0.2) is 24.3 Å². The molecule has 1 heterocycles. The monoisotopic (exact) mass is 251 g/mol. The van der Waals surface area contributed by atoms with Crippen LogP contribution in [-0.2, 0) is 9.59 Å². The van der Waals surface area contributed by atoms with Crippen molar-refractivity contribution >= 4 is 29.2 Å². The summed E-state index contributed by atoms with van der Waals surface area (Å²) in [6, 6.07) is 7.06. The number of carbonyl (C=O) groups is 2. The second-order valence-electron chi connectivity index (χ2n) is 4.48. The smallest absolute Gasteiger partial charge is 0.307 e. The van der Waals surface area contributed by atoms with Crippen LogP contribution >= 0.6 is 11.6 Å². The van der Waals surface area contributed by atoms with Gasteiger partial charge in [-0.2, -0.15) is 0 Å². The second-order valence-corrected chi connectivity index (χ2v) is 4.92. The molecule has 0 bridgehead atoms. The number of carbonyl (C=O) groups excluding carboxylic acids is 1. The van der Waals surface area contributed by atoms with Crippen LogP contribution < -0.4 is 4.90 Å². The highest BCUT2D eigenvalue weighted by atomic mass is 35.5. The maximum Gasteiger partial charge on any atom is 0.307 e. The van der Waals surface area contributed by atoms with Crippen LogP contribution in [0, 0.1) is 17.8 Å². The van der Waals surface area contributed by atoms with Gasteiger partial charge in [0.25, 0.3) is 0 Å². The van der Waals surface area contributed by atoms with Gasteiger partial charge in [0.2, 0.25) is 5.91 Å². The van der Waals surface area contributed by atoms with E-state index in [0.29, 0.717) is 11.6 Å². The first-order valence-electron chi connectivity index (χ1n) is 5.39. The molecule has 1 N–H and O–H groups in total. The van der Waals surface area contributed by atoms with Crippen molar-refractivity contribution < 1.29 is 14.7 Å². The summed E-state index contributed by atoms with van der Waals surface area (Å²) >= 11 is 5.87. The standard InChI is InChI=1S/C12H10ClNO3/c13-6-2-1-3-7(4-6)14-5-8-9(11(14)15)10(8)12(16)17/h1-4,8-10H,5H2,(H,16,17). The topological polar surface area (TPSA) is 57.6 Å². The van der Waals surface area contributed by atoms with E-state index < -0.39 is 11.9 Å². The van der Waals surface area contributed by atoms with E-state index in [1.54, 1.807) is 23.1 Å². The predicted octanol–water partition coefficient (Wildman–Crippen LogP) is 1.63. The molecule has 1 aromatic rings. The molecule has 2 aliphatic rings. The Hall–Kier alpha value is -1.55. The summed E-state index contributed by atoms with van der Waals surface area (Å²) < 4.78 is 0. The molecular weight excluding hydrogens is 242 g/mol. The summed E-state index contributed by atoms with van der Waals surface area (Å²) in [5, 5.41) is 9.46. The maximum absolute atomic E-state index is 12.0. The molecule has 1 saturated carbocycles. The molecule has 1 amide bonds. The molecule has 88 valence electrons. The van der Waals surface area contributed by atoms with Gasteiger partial charge in [-0.05, 0) is 18.2 Å². The van der Waals surface area contributed by atoms with Gasteiger partial charge in [-0.3, -0.25) is 9.59 Å². The summed E-state index contributed by atoms with van der Waals surface area (Å²) in [5.74, 6) is -1.79. The van der Waals surface area contributed by atoms with E-state index >= 15 is 0 Å². The molecule has 0 radical (unpaired) electrons. The third-order valence-electron chi connectivity index (χ3n) is 3.52. The Balaban J connectivity index is 1.82. The van der Waals surface area contributed by atoms with Gasteiger partial charge in [0.05, 0.1) is 11.8 Å². The zero-order chi connectivity index (χ0) is 12.2. The van der Waals surface area contributed by atoms with Gasteiger partial charge in [-0.1, -0.05) is 17.7 Å². The van der Waals surface area contributed by atoms with Gasteiger partial charge in [-0.15, -0.1) is 0 Å². The highest BCUT2D eigenvalue weighted by Gasteiger charge is 2.65. The summed E-state index contributed by atoms with van der Waals surface area (Å²) in [4.78, 5) is 24.4. The van der Waals surface area contributed by atoms with E-state index in [-0.39, 0.29) is 17.7 Å². The number of amides is 1. The molecule has 0 aromatic heterocycles. The largest absolute Gasteiger partial charge is 0.481 e. The lowest BCUT2D eigenvalue weighted by atomic mass is 10.2. The molecule has 3 unspecified atom stereocenters.